The number of Topliss-reactive ketones (excluding diaryl/α,β-unsaturated/α-hetero) is 1. The predicted molar refractivity (Wildman–Crippen MR) is 133 cm³/mol. The molecule has 1 saturated heterocycles. The second-order valence-electron chi connectivity index (χ2n) is 9.17. The molecule has 1 heterocycles. The number of benzene rings is 2. The van der Waals surface area contributed by atoms with E-state index in [1.54, 1.807) is 12.1 Å². The van der Waals surface area contributed by atoms with Gasteiger partial charge in [-0.1, -0.05) is 23.8 Å². The summed E-state index contributed by atoms with van der Waals surface area (Å²) >= 11 is 0. The van der Waals surface area contributed by atoms with Gasteiger partial charge in [0.1, 0.15) is 53.0 Å². The molecule has 1 fully saturated rings. The quantitative estimate of drug-likeness (QED) is 0.201. The van der Waals surface area contributed by atoms with Gasteiger partial charge in [0.15, 0.2) is 5.78 Å². The fourth-order valence-corrected chi connectivity index (χ4v) is 4.04. The van der Waals surface area contributed by atoms with Crippen molar-refractivity contribution in [2.24, 2.45) is 0 Å². The van der Waals surface area contributed by atoms with E-state index in [0.717, 1.165) is 11.1 Å². The summed E-state index contributed by atoms with van der Waals surface area (Å²) in [7, 11) is 1.33. The summed E-state index contributed by atoms with van der Waals surface area (Å²) in [5, 5.41) is 60.7. The Hall–Kier alpha value is -3.15. The molecule has 0 saturated carbocycles. The zero-order chi connectivity index (χ0) is 27.3. The van der Waals surface area contributed by atoms with E-state index >= 15 is 0 Å². The number of aliphatic hydroxyl groups excluding tert-OH is 4. The number of phenols is 2. The van der Waals surface area contributed by atoms with Gasteiger partial charge in [-0.3, -0.25) is 4.79 Å². The average molecular weight is 519 g/mol. The number of carbonyl (C=O) groups excluding carboxylic acids is 1. The molecule has 6 N–H and O–H groups in total. The van der Waals surface area contributed by atoms with Crippen LogP contribution in [0.15, 0.2) is 42.0 Å². The topological polar surface area (TPSA) is 166 Å². The van der Waals surface area contributed by atoms with Crippen molar-refractivity contribution in [3.05, 3.63) is 58.7 Å². The molecule has 5 atom stereocenters. The first kappa shape index (κ1) is 28.4. The third-order valence-corrected chi connectivity index (χ3v) is 6.21. The highest BCUT2D eigenvalue weighted by molar-refractivity contribution is 6.02. The van der Waals surface area contributed by atoms with Crippen LogP contribution in [-0.4, -0.2) is 80.8 Å². The highest BCUT2D eigenvalue weighted by Gasteiger charge is 2.45. The lowest BCUT2D eigenvalue weighted by molar-refractivity contribution is -0.277. The highest BCUT2D eigenvalue weighted by atomic mass is 16.7. The Labute approximate surface area is 215 Å². The molecule has 0 aromatic heterocycles. The van der Waals surface area contributed by atoms with Crippen LogP contribution in [0.2, 0.25) is 0 Å². The largest absolute Gasteiger partial charge is 0.508 e. The van der Waals surface area contributed by atoms with E-state index in [4.69, 9.17) is 14.2 Å². The Morgan fingerprint density at radius 2 is 1.70 bits per heavy atom. The van der Waals surface area contributed by atoms with Crippen molar-refractivity contribution in [1.82, 2.24) is 0 Å². The van der Waals surface area contributed by atoms with E-state index in [1.165, 1.54) is 25.3 Å². The summed E-state index contributed by atoms with van der Waals surface area (Å²) in [6, 6.07) is 7.86. The van der Waals surface area contributed by atoms with E-state index < -0.39 is 37.3 Å². The summed E-state index contributed by atoms with van der Waals surface area (Å²) in [5.74, 6) is -0.541. The van der Waals surface area contributed by atoms with Crippen LogP contribution < -0.4 is 9.47 Å². The summed E-state index contributed by atoms with van der Waals surface area (Å²) in [6.07, 6.45) is -5.11. The van der Waals surface area contributed by atoms with Gasteiger partial charge in [-0.2, -0.15) is 0 Å². The van der Waals surface area contributed by atoms with Crippen LogP contribution in [0.5, 0.6) is 23.0 Å². The second-order valence-corrected chi connectivity index (χ2v) is 9.17. The molecule has 1 aliphatic rings. The SMILES string of the molecule is COc1cc(O[C@@H]2O[C@H](CO)[C@@H](O)[C@H](O)[C@H]2O)c(CC=C(C)C)c(O)c1C(=O)CCc1ccc(O)cc1. The highest BCUT2D eigenvalue weighted by Crippen LogP contribution is 2.41. The van der Waals surface area contributed by atoms with Gasteiger partial charge in [0.05, 0.1) is 13.7 Å². The molecule has 0 aliphatic carbocycles. The third-order valence-electron chi connectivity index (χ3n) is 6.21. The maximum Gasteiger partial charge on any atom is 0.229 e. The maximum absolute atomic E-state index is 13.2. The molecule has 0 spiro atoms. The Morgan fingerprint density at radius 1 is 1.03 bits per heavy atom. The number of aryl methyl sites for hydroxylation is 1. The van der Waals surface area contributed by atoms with Crippen LogP contribution in [-0.2, 0) is 17.6 Å². The van der Waals surface area contributed by atoms with Crippen molar-refractivity contribution in [3.63, 3.8) is 0 Å². The molecule has 37 heavy (non-hydrogen) atoms. The standard InChI is InChI=1S/C27H34O10/c1-14(2)4-10-17-19(36-27-26(34)25(33)24(32)21(13-28)37-27)12-20(35-3)22(23(17)31)18(30)11-7-15-5-8-16(29)9-6-15/h4-6,8-9,12,21,24-29,31-34H,7,10-11,13H2,1-3H3/t21-,24-,25+,26-,27-/m1/s1. The van der Waals surface area contributed by atoms with Crippen LogP contribution in [0.25, 0.3) is 0 Å². The van der Waals surface area contributed by atoms with Crippen LogP contribution in [0.4, 0.5) is 0 Å². The lowest BCUT2D eigenvalue weighted by Gasteiger charge is -2.39. The first-order valence-electron chi connectivity index (χ1n) is 11.9. The van der Waals surface area contributed by atoms with Gasteiger partial charge in [0, 0.05) is 18.1 Å². The lowest BCUT2D eigenvalue weighted by Crippen LogP contribution is -2.60. The van der Waals surface area contributed by atoms with Gasteiger partial charge >= 0.3 is 0 Å². The molecule has 0 unspecified atom stereocenters. The first-order chi connectivity index (χ1) is 17.6. The van der Waals surface area contributed by atoms with Gasteiger partial charge in [-0.15, -0.1) is 0 Å². The number of phenolic OH excluding ortho intramolecular Hbond substituents is 2. The minimum absolute atomic E-state index is 0.0282. The normalized spacial score (nSPS) is 23.4. The minimum Gasteiger partial charge on any atom is -0.508 e. The molecule has 1 aliphatic heterocycles. The number of rotatable bonds is 10. The molecular weight excluding hydrogens is 484 g/mol. The predicted octanol–water partition coefficient (Wildman–Crippen LogP) is 1.61. The van der Waals surface area contributed by atoms with Gasteiger partial charge in [0.25, 0.3) is 0 Å². The summed E-state index contributed by atoms with van der Waals surface area (Å²) in [5.41, 5.74) is 1.97. The Bertz CT molecular complexity index is 1110. The molecule has 0 radical (unpaired) electrons. The third kappa shape index (κ3) is 6.60. The summed E-state index contributed by atoms with van der Waals surface area (Å²) < 4.78 is 16.7. The number of aliphatic hydroxyl groups is 4. The number of ketones is 1. The van der Waals surface area contributed by atoms with Crippen LogP contribution in [0, 0.1) is 0 Å². The number of allylic oxidation sites excluding steroid dienone is 2. The molecule has 10 nitrogen and oxygen atoms in total. The molecular formula is C27H34O10. The van der Waals surface area contributed by atoms with Crippen LogP contribution >= 0.6 is 0 Å². The molecule has 202 valence electrons. The molecule has 3 rings (SSSR count). The van der Waals surface area contributed by atoms with Crippen LogP contribution in [0.1, 0.15) is 41.8 Å². The monoisotopic (exact) mass is 518 g/mol. The van der Waals surface area contributed by atoms with Crippen molar-refractivity contribution < 1.29 is 49.6 Å². The number of methoxy groups -OCH3 is 1. The van der Waals surface area contributed by atoms with Crippen molar-refractivity contribution in [3.8, 4) is 23.0 Å². The minimum atomic E-state index is -1.66. The smallest absolute Gasteiger partial charge is 0.229 e. The Morgan fingerprint density at radius 3 is 2.30 bits per heavy atom. The van der Waals surface area contributed by atoms with Gasteiger partial charge in [-0.05, 0) is 44.4 Å². The zero-order valence-corrected chi connectivity index (χ0v) is 21.0. The zero-order valence-electron chi connectivity index (χ0n) is 21.0. The van der Waals surface area contributed by atoms with Crippen LogP contribution in [0.3, 0.4) is 0 Å². The van der Waals surface area contributed by atoms with Crippen molar-refractivity contribution in [2.45, 2.75) is 63.8 Å². The maximum atomic E-state index is 13.2. The van der Waals surface area contributed by atoms with Crippen molar-refractivity contribution >= 4 is 5.78 Å². The van der Waals surface area contributed by atoms with Gasteiger partial charge in [-0.25, -0.2) is 0 Å². The molecule has 0 bridgehead atoms. The van der Waals surface area contributed by atoms with Crippen molar-refractivity contribution in [1.29, 1.82) is 0 Å². The van der Waals surface area contributed by atoms with E-state index in [2.05, 4.69) is 0 Å². The molecule has 2 aromatic rings. The fraction of sp³-hybridized carbons (Fsp3) is 0.444. The Balaban J connectivity index is 1.96. The fourth-order valence-electron chi connectivity index (χ4n) is 4.04. The lowest BCUT2D eigenvalue weighted by atomic mass is 9.96. The van der Waals surface area contributed by atoms with Gasteiger partial charge in [0.2, 0.25) is 6.29 Å². The number of ether oxygens (including phenoxy) is 3. The number of hydrogen-bond donors (Lipinski definition) is 6. The van der Waals surface area contributed by atoms with Gasteiger partial charge < -0.3 is 44.8 Å². The van der Waals surface area contributed by atoms with Crippen molar-refractivity contribution in [2.75, 3.05) is 13.7 Å². The molecule has 10 heteroatoms. The summed E-state index contributed by atoms with van der Waals surface area (Å²) in [6.45, 7) is 3.10. The Kier molecular flexibility index (Phi) is 9.52. The summed E-state index contributed by atoms with van der Waals surface area (Å²) in [4.78, 5) is 13.2. The number of carbonyl (C=O) groups is 1. The first-order valence-corrected chi connectivity index (χ1v) is 11.9. The van der Waals surface area contributed by atoms with E-state index in [9.17, 15) is 35.4 Å². The average Bonchev–Trinajstić information content (AvgIpc) is 2.87. The molecule has 0 amide bonds. The number of hydrogen-bond acceptors (Lipinski definition) is 10. The second kappa shape index (κ2) is 12.4. The number of aromatic hydroxyl groups is 2. The molecule has 2 aromatic carbocycles. The van der Waals surface area contributed by atoms with E-state index in [1.807, 2.05) is 19.9 Å². The van der Waals surface area contributed by atoms with E-state index in [-0.39, 0.29) is 52.7 Å². The van der Waals surface area contributed by atoms with E-state index in [0.29, 0.717) is 6.42 Å².